The van der Waals surface area contributed by atoms with Gasteiger partial charge in [-0.05, 0) is 20.3 Å². The minimum Gasteiger partial charge on any atom is -0.352 e. The summed E-state index contributed by atoms with van der Waals surface area (Å²) in [6.07, 6.45) is 0.885. The maximum absolute atomic E-state index is 10.3. The average Bonchev–Trinajstić information content (AvgIpc) is 1.63. The molecule has 0 aliphatic rings. The largest absolute Gasteiger partial charge is 0.352 e. The first-order valence-electron chi connectivity index (χ1n) is 3.05. The highest BCUT2D eigenvalue weighted by Gasteiger charge is 2.14. The molecule has 4 heteroatoms. The lowest BCUT2D eigenvalue weighted by Gasteiger charge is -2.22. The molecule has 0 fully saturated rings. The Labute approximate surface area is 61.8 Å². The second-order valence-corrected chi connectivity index (χ2v) is 2.73. The number of primary amides is 1. The normalized spacial score (nSPS) is 9.90. The van der Waals surface area contributed by atoms with Crippen LogP contribution in [0.4, 0.5) is 4.79 Å². The lowest BCUT2D eigenvalue weighted by Crippen LogP contribution is -2.45. The van der Waals surface area contributed by atoms with Gasteiger partial charge in [-0.25, -0.2) is 4.79 Å². The van der Waals surface area contributed by atoms with Crippen molar-refractivity contribution in [1.29, 1.82) is 0 Å². The molecule has 4 nitrogen and oxygen atoms in total. The molecule has 0 aliphatic heterocycles. The van der Waals surface area contributed by atoms with Gasteiger partial charge in [-0.2, -0.15) is 0 Å². The van der Waals surface area contributed by atoms with Crippen molar-refractivity contribution in [2.45, 2.75) is 32.7 Å². The van der Waals surface area contributed by atoms with E-state index in [-0.39, 0.29) is 11.7 Å². The lowest BCUT2D eigenvalue weighted by atomic mass is 10.0. The Morgan fingerprint density at radius 2 is 2.00 bits per heavy atom. The Hall–Kier alpha value is -0.770. The predicted molar refractivity (Wildman–Crippen MR) is 42.1 cm³/mol. The van der Waals surface area contributed by atoms with Gasteiger partial charge in [0.2, 0.25) is 0 Å². The van der Waals surface area contributed by atoms with E-state index < -0.39 is 6.03 Å². The number of carbonyl (C=O) groups is 1. The van der Waals surface area contributed by atoms with Gasteiger partial charge < -0.3 is 17.2 Å². The number of hydrogen-bond acceptors (Lipinski definition) is 2. The van der Waals surface area contributed by atoms with Gasteiger partial charge in [-0.1, -0.05) is 6.92 Å². The highest BCUT2D eigenvalue weighted by Crippen LogP contribution is 2.05. The Balaban J connectivity index is 0. The molecule has 0 aromatic rings. The molecule has 0 saturated heterocycles. The molecule has 0 saturated carbocycles. The maximum atomic E-state index is 10.3. The van der Waals surface area contributed by atoms with Gasteiger partial charge in [-0.15, -0.1) is 0 Å². The summed E-state index contributed by atoms with van der Waals surface area (Å²) >= 11 is 0. The molecule has 0 unspecified atom stereocenters. The Morgan fingerprint density at radius 1 is 1.60 bits per heavy atom. The van der Waals surface area contributed by atoms with Crippen molar-refractivity contribution >= 4 is 6.03 Å². The van der Waals surface area contributed by atoms with Gasteiger partial charge >= 0.3 is 6.03 Å². The van der Waals surface area contributed by atoms with Crippen LogP contribution >= 0.6 is 0 Å². The number of nitrogens with two attached hydrogens (primary N) is 1. The minimum atomic E-state index is -0.457. The van der Waals surface area contributed by atoms with Crippen LogP contribution in [0.5, 0.6) is 0 Å². The summed E-state index contributed by atoms with van der Waals surface area (Å²) in [7, 11) is 0. The van der Waals surface area contributed by atoms with Gasteiger partial charge in [0.15, 0.2) is 0 Å². The molecular formula is C6H17N3O. The van der Waals surface area contributed by atoms with Crippen molar-refractivity contribution < 1.29 is 4.79 Å². The quantitative estimate of drug-likeness (QED) is 0.544. The zero-order valence-corrected chi connectivity index (χ0v) is 6.90. The van der Waals surface area contributed by atoms with Crippen LogP contribution in [0.3, 0.4) is 0 Å². The van der Waals surface area contributed by atoms with Crippen LogP contribution in [0.25, 0.3) is 0 Å². The van der Waals surface area contributed by atoms with E-state index >= 15 is 0 Å². The summed E-state index contributed by atoms with van der Waals surface area (Å²) < 4.78 is 0. The third kappa shape index (κ3) is 5.37. The van der Waals surface area contributed by atoms with E-state index in [1.807, 2.05) is 20.8 Å². The summed E-state index contributed by atoms with van der Waals surface area (Å²) in [6.45, 7) is 5.85. The topological polar surface area (TPSA) is 90.1 Å². The minimum absolute atomic E-state index is 0. The lowest BCUT2D eigenvalue weighted by molar-refractivity contribution is 0.237. The van der Waals surface area contributed by atoms with Crippen molar-refractivity contribution in [3.05, 3.63) is 0 Å². The van der Waals surface area contributed by atoms with Crippen LogP contribution in [-0.4, -0.2) is 11.6 Å². The molecule has 0 atom stereocenters. The van der Waals surface area contributed by atoms with Crippen molar-refractivity contribution in [1.82, 2.24) is 11.5 Å². The fourth-order valence-electron chi connectivity index (χ4n) is 0.422. The number of amides is 2. The highest BCUT2D eigenvalue weighted by atomic mass is 16.2. The molecule has 0 aromatic carbocycles. The Bertz CT molecular complexity index is 112. The van der Waals surface area contributed by atoms with Crippen molar-refractivity contribution in [3.8, 4) is 0 Å². The Morgan fingerprint density at radius 3 is 2.10 bits per heavy atom. The van der Waals surface area contributed by atoms with Crippen molar-refractivity contribution in [3.63, 3.8) is 0 Å². The molecule has 0 radical (unpaired) electrons. The first kappa shape index (κ1) is 12.0. The van der Waals surface area contributed by atoms with Gasteiger partial charge in [0.1, 0.15) is 0 Å². The number of carbonyl (C=O) groups excluding carboxylic acids is 1. The van der Waals surface area contributed by atoms with Crippen LogP contribution in [-0.2, 0) is 0 Å². The molecule has 0 heterocycles. The van der Waals surface area contributed by atoms with Gasteiger partial charge in [0, 0.05) is 5.54 Å². The van der Waals surface area contributed by atoms with E-state index in [1.54, 1.807) is 0 Å². The molecular weight excluding hydrogens is 130 g/mol. The SMILES string of the molecule is CCC(C)(C)NC(N)=O.N. The zero-order valence-electron chi connectivity index (χ0n) is 6.90. The number of hydrogen-bond donors (Lipinski definition) is 3. The van der Waals surface area contributed by atoms with Crippen LogP contribution in [0.1, 0.15) is 27.2 Å². The highest BCUT2D eigenvalue weighted by molar-refractivity contribution is 5.72. The fraction of sp³-hybridized carbons (Fsp3) is 0.833. The van der Waals surface area contributed by atoms with Crippen LogP contribution in [0.15, 0.2) is 0 Å². The molecule has 0 aromatic heterocycles. The van der Waals surface area contributed by atoms with Crippen LogP contribution in [0.2, 0.25) is 0 Å². The second kappa shape index (κ2) is 4.11. The predicted octanol–water partition coefficient (Wildman–Crippen LogP) is 1.01. The molecule has 2 amide bonds. The van der Waals surface area contributed by atoms with Crippen molar-refractivity contribution in [2.24, 2.45) is 5.73 Å². The van der Waals surface area contributed by atoms with E-state index in [2.05, 4.69) is 5.32 Å². The summed E-state index contributed by atoms with van der Waals surface area (Å²) in [4.78, 5) is 10.3. The van der Waals surface area contributed by atoms with Crippen LogP contribution < -0.4 is 17.2 Å². The second-order valence-electron chi connectivity index (χ2n) is 2.73. The molecule has 6 N–H and O–H groups in total. The molecule has 10 heavy (non-hydrogen) atoms. The zero-order chi connectivity index (χ0) is 7.49. The van der Waals surface area contributed by atoms with Crippen LogP contribution in [0, 0.1) is 0 Å². The summed E-state index contributed by atoms with van der Waals surface area (Å²) in [5, 5.41) is 2.61. The molecule has 62 valence electrons. The van der Waals surface area contributed by atoms with Gasteiger partial charge in [-0.3, -0.25) is 0 Å². The third-order valence-corrected chi connectivity index (χ3v) is 1.35. The third-order valence-electron chi connectivity index (χ3n) is 1.35. The Kier molecular flexibility index (Phi) is 4.92. The monoisotopic (exact) mass is 147 g/mol. The number of rotatable bonds is 2. The van der Waals surface area contributed by atoms with Gasteiger partial charge in [0.25, 0.3) is 0 Å². The standard InChI is InChI=1S/C6H14N2O.H3N/c1-4-6(2,3)8-5(7)9;/h4H2,1-3H3,(H3,7,8,9);1H3. The molecule has 0 aliphatic carbocycles. The first-order valence-corrected chi connectivity index (χ1v) is 3.05. The average molecular weight is 147 g/mol. The number of urea groups is 1. The van der Waals surface area contributed by atoms with E-state index in [4.69, 9.17) is 5.73 Å². The van der Waals surface area contributed by atoms with E-state index in [0.29, 0.717) is 0 Å². The van der Waals surface area contributed by atoms with E-state index in [0.717, 1.165) is 6.42 Å². The number of nitrogens with one attached hydrogen (secondary N) is 1. The first-order chi connectivity index (χ1) is 3.98. The van der Waals surface area contributed by atoms with Gasteiger partial charge in [0.05, 0.1) is 0 Å². The summed E-state index contributed by atoms with van der Waals surface area (Å²) in [5.74, 6) is 0. The van der Waals surface area contributed by atoms with E-state index in [1.165, 1.54) is 0 Å². The summed E-state index contributed by atoms with van der Waals surface area (Å²) in [6, 6.07) is -0.457. The smallest absolute Gasteiger partial charge is 0.312 e. The summed E-state index contributed by atoms with van der Waals surface area (Å²) in [5.41, 5.74) is 4.74. The maximum Gasteiger partial charge on any atom is 0.312 e. The molecule has 0 spiro atoms. The molecule has 0 rings (SSSR count). The fourth-order valence-corrected chi connectivity index (χ4v) is 0.422. The van der Waals surface area contributed by atoms with Crippen molar-refractivity contribution in [2.75, 3.05) is 0 Å². The van der Waals surface area contributed by atoms with E-state index in [9.17, 15) is 4.79 Å². The molecule has 0 bridgehead atoms.